The molecule has 7 heteroatoms. The van der Waals surface area contributed by atoms with Gasteiger partial charge in [0.1, 0.15) is 17.3 Å². The fraction of sp³-hybridized carbons (Fsp3) is 0.188. The number of hydrogen-bond acceptors (Lipinski definition) is 4. The van der Waals surface area contributed by atoms with Gasteiger partial charge in [-0.2, -0.15) is 0 Å². The molecule has 0 fully saturated rings. The fourth-order valence-corrected chi connectivity index (χ4v) is 1.95. The van der Waals surface area contributed by atoms with Crippen LogP contribution in [0.15, 0.2) is 36.4 Å². The van der Waals surface area contributed by atoms with E-state index >= 15 is 0 Å². The fourth-order valence-electron chi connectivity index (χ4n) is 1.95. The summed E-state index contributed by atoms with van der Waals surface area (Å²) in [5.74, 6) is -0.997. The van der Waals surface area contributed by atoms with Crippen LogP contribution in [-0.4, -0.2) is 26.7 Å². The predicted octanol–water partition coefficient (Wildman–Crippen LogP) is 3.03. The summed E-state index contributed by atoms with van der Waals surface area (Å²) >= 11 is 0. The average molecular weight is 322 g/mol. The zero-order chi connectivity index (χ0) is 16.8. The number of hydrogen-bond donors (Lipinski definition) is 2. The van der Waals surface area contributed by atoms with Crippen molar-refractivity contribution in [1.82, 2.24) is 0 Å². The molecule has 0 unspecified atom stereocenters. The molecule has 2 aromatic carbocycles. The number of methoxy groups -OCH3 is 2. The number of rotatable bonds is 6. The molecule has 23 heavy (non-hydrogen) atoms. The molecule has 0 saturated carbocycles. The van der Waals surface area contributed by atoms with Gasteiger partial charge in [-0.1, -0.05) is 6.07 Å². The second kappa shape index (κ2) is 7.44. The number of halogens is 2. The molecule has 0 bridgehead atoms. The number of para-hydroxylation sites is 1. The van der Waals surface area contributed by atoms with E-state index in [4.69, 9.17) is 9.47 Å². The average Bonchev–Trinajstić information content (AvgIpc) is 2.54. The van der Waals surface area contributed by atoms with Gasteiger partial charge in [-0.15, -0.1) is 0 Å². The molecule has 0 spiro atoms. The van der Waals surface area contributed by atoms with Crippen LogP contribution in [0.1, 0.15) is 0 Å². The Morgan fingerprint density at radius 3 is 2.30 bits per heavy atom. The van der Waals surface area contributed by atoms with Crippen molar-refractivity contribution in [2.24, 2.45) is 0 Å². The summed E-state index contributed by atoms with van der Waals surface area (Å²) in [5, 5.41) is 5.03. The summed E-state index contributed by atoms with van der Waals surface area (Å²) in [4.78, 5) is 11.9. The van der Waals surface area contributed by atoms with Gasteiger partial charge in [0.25, 0.3) is 0 Å². The smallest absolute Gasteiger partial charge is 0.243 e. The second-order valence-electron chi connectivity index (χ2n) is 4.57. The molecule has 0 atom stereocenters. The predicted molar refractivity (Wildman–Crippen MR) is 83.0 cm³/mol. The van der Waals surface area contributed by atoms with Gasteiger partial charge in [0.15, 0.2) is 11.5 Å². The maximum atomic E-state index is 13.4. The molecule has 0 aliphatic heterocycles. The Morgan fingerprint density at radius 1 is 1.04 bits per heavy atom. The van der Waals surface area contributed by atoms with Gasteiger partial charge in [0.05, 0.1) is 20.8 Å². The quantitative estimate of drug-likeness (QED) is 0.858. The molecular weight excluding hydrogens is 306 g/mol. The highest BCUT2D eigenvalue weighted by molar-refractivity contribution is 5.94. The van der Waals surface area contributed by atoms with Crippen molar-refractivity contribution in [3.05, 3.63) is 48.0 Å². The summed E-state index contributed by atoms with van der Waals surface area (Å²) in [5.41, 5.74) is 0.137. The monoisotopic (exact) mass is 322 g/mol. The summed E-state index contributed by atoms with van der Waals surface area (Å²) in [7, 11) is 2.98. The molecular formula is C16H16F2N2O3. The Labute approximate surface area is 132 Å². The Kier molecular flexibility index (Phi) is 5.35. The molecule has 5 nitrogen and oxygen atoms in total. The van der Waals surface area contributed by atoms with Crippen molar-refractivity contribution in [2.75, 3.05) is 31.4 Å². The van der Waals surface area contributed by atoms with Crippen LogP contribution in [0.4, 0.5) is 20.2 Å². The van der Waals surface area contributed by atoms with Crippen LogP contribution in [0.3, 0.4) is 0 Å². The Morgan fingerprint density at radius 2 is 1.70 bits per heavy atom. The van der Waals surface area contributed by atoms with Gasteiger partial charge in [-0.25, -0.2) is 8.78 Å². The highest BCUT2D eigenvalue weighted by atomic mass is 19.1. The summed E-state index contributed by atoms with van der Waals surface area (Å²) in [6, 6.07) is 8.32. The molecule has 0 aliphatic carbocycles. The first-order valence-electron chi connectivity index (χ1n) is 6.75. The van der Waals surface area contributed by atoms with Gasteiger partial charge in [-0.3, -0.25) is 4.79 Å². The van der Waals surface area contributed by atoms with Crippen LogP contribution in [0.5, 0.6) is 11.5 Å². The van der Waals surface area contributed by atoms with E-state index in [2.05, 4.69) is 10.6 Å². The van der Waals surface area contributed by atoms with Crippen molar-refractivity contribution in [2.45, 2.75) is 0 Å². The third-order valence-corrected chi connectivity index (χ3v) is 3.06. The van der Waals surface area contributed by atoms with E-state index in [9.17, 15) is 13.6 Å². The minimum atomic E-state index is -0.760. The molecule has 0 heterocycles. The lowest BCUT2D eigenvalue weighted by Gasteiger charge is -2.12. The topological polar surface area (TPSA) is 59.6 Å². The molecule has 2 N–H and O–H groups in total. The highest BCUT2D eigenvalue weighted by Gasteiger charge is 2.11. The van der Waals surface area contributed by atoms with E-state index in [1.165, 1.54) is 20.3 Å². The zero-order valence-electron chi connectivity index (χ0n) is 12.7. The molecule has 0 radical (unpaired) electrons. The van der Waals surface area contributed by atoms with Crippen LogP contribution in [0.2, 0.25) is 0 Å². The second-order valence-corrected chi connectivity index (χ2v) is 4.57. The van der Waals surface area contributed by atoms with E-state index in [0.29, 0.717) is 17.2 Å². The van der Waals surface area contributed by atoms with Crippen molar-refractivity contribution < 1.29 is 23.0 Å². The standard InChI is InChI=1S/C16H16F2N2O3/c1-22-13-7-6-10(8-14(13)23-2)20-15(21)9-19-16-11(17)4-3-5-12(16)18/h3-8,19H,9H2,1-2H3,(H,20,21). The van der Waals surface area contributed by atoms with Gasteiger partial charge in [-0.05, 0) is 24.3 Å². The maximum absolute atomic E-state index is 13.4. The van der Waals surface area contributed by atoms with E-state index in [-0.39, 0.29) is 12.2 Å². The van der Waals surface area contributed by atoms with Crippen LogP contribution < -0.4 is 20.1 Å². The van der Waals surface area contributed by atoms with Crippen LogP contribution >= 0.6 is 0 Å². The normalized spacial score (nSPS) is 10.1. The van der Waals surface area contributed by atoms with Crippen molar-refractivity contribution in [3.8, 4) is 11.5 Å². The minimum Gasteiger partial charge on any atom is -0.493 e. The van der Waals surface area contributed by atoms with Crippen LogP contribution in [-0.2, 0) is 4.79 Å². The largest absolute Gasteiger partial charge is 0.493 e. The van der Waals surface area contributed by atoms with E-state index in [0.717, 1.165) is 12.1 Å². The third-order valence-electron chi connectivity index (χ3n) is 3.06. The molecule has 2 rings (SSSR count). The summed E-state index contributed by atoms with van der Waals surface area (Å²) < 4.78 is 37.1. The number of amides is 1. The first kappa shape index (κ1) is 16.5. The van der Waals surface area contributed by atoms with Crippen molar-refractivity contribution >= 4 is 17.3 Å². The summed E-state index contributed by atoms with van der Waals surface area (Å²) in [6.07, 6.45) is 0. The van der Waals surface area contributed by atoms with Gasteiger partial charge in [0.2, 0.25) is 5.91 Å². The summed E-state index contributed by atoms with van der Waals surface area (Å²) in [6.45, 7) is -0.286. The number of benzene rings is 2. The number of nitrogens with one attached hydrogen (secondary N) is 2. The molecule has 2 aromatic rings. The lowest BCUT2D eigenvalue weighted by molar-refractivity contribution is -0.114. The van der Waals surface area contributed by atoms with E-state index in [1.807, 2.05) is 0 Å². The van der Waals surface area contributed by atoms with Gasteiger partial charge >= 0.3 is 0 Å². The number of carbonyl (C=O) groups is 1. The lowest BCUT2D eigenvalue weighted by atomic mass is 10.2. The van der Waals surface area contributed by atoms with E-state index in [1.54, 1.807) is 18.2 Å². The number of anilines is 2. The maximum Gasteiger partial charge on any atom is 0.243 e. The Hall–Kier alpha value is -2.83. The van der Waals surface area contributed by atoms with Gasteiger partial charge < -0.3 is 20.1 Å². The van der Waals surface area contributed by atoms with Crippen LogP contribution in [0.25, 0.3) is 0 Å². The van der Waals surface area contributed by atoms with Gasteiger partial charge in [0, 0.05) is 11.8 Å². The Bertz CT molecular complexity index is 687. The minimum absolute atomic E-state index is 0.286. The van der Waals surface area contributed by atoms with Crippen LogP contribution in [0, 0.1) is 11.6 Å². The first-order valence-corrected chi connectivity index (χ1v) is 6.75. The SMILES string of the molecule is COc1ccc(NC(=O)CNc2c(F)cccc2F)cc1OC. The molecule has 1 amide bonds. The molecule has 0 aliphatic rings. The van der Waals surface area contributed by atoms with E-state index < -0.39 is 17.5 Å². The zero-order valence-corrected chi connectivity index (χ0v) is 12.7. The van der Waals surface area contributed by atoms with Crippen molar-refractivity contribution in [1.29, 1.82) is 0 Å². The highest BCUT2D eigenvalue weighted by Crippen LogP contribution is 2.29. The Balaban J connectivity index is 2.00. The number of ether oxygens (including phenoxy) is 2. The van der Waals surface area contributed by atoms with Crippen molar-refractivity contribution in [3.63, 3.8) is 0 Å². The molecule has 0 aromatic heterocycles. The lowest BCUT2D eigenvalue weighted by Crippen LogP contribution is -2.22. The molecule has 0 saturated heterocycles. The first-order chi connectivity index (χ1) is 11.0. The molecule has 122 valence electrons. The third kappa shape index (κ3) is 4.09. The number of carbonyl (C=O) groups excluding carboxylic acids is 1.